The Labute approximate surface area is 163 Å². The van der Waals surface area contributed by atoms with Gasteiger partial charge in [0.25, 0.3) is 0 Å². The molecule has 0 aromatic heterocycles. The second-order valence-electron chi connectivity index (χ2n) is 3.58. The molecule has 0 amide bonds. The Hall–Kier alpha value is 1.01. The van der Waals surface area contributed by atoms with Crippen molar-refractivity contribution in [3.63, 3.8) is 0 Å². The van der Waals surface area contributed by atoms with Gasteiger partial charge in [-0.2, -0.15) is 22.0 Å². The second kappa shape index (κ2) is 13.2. The molecule has 1 unspecified atom stereocenters. The lowest BCUT2D eigenvalue weighted by molar-refractivity contribution is -0.257. The molecule has 0 saturated carbocycles. The Morgan fingerprint density at radius 2 is 1.24 bits per heavy atom. The van der Waals surface area contributed by atoms with Gasteiger partial charge in [-0.1, -0.05) is 22.6 Å². The van der Waals surface area contributed by atoms with Crippen molar-refractivity contribution in [3.8, 4) is 0 Å². The standard InChI is InChI=1S/C5H6F6O.C2H3Cl3FISi.CF4/c6-3-5(10,11)12-2-1-4(7,8)9;3-8(4,5)2(7)1-6;2-1(3,4)5/h1-3H2;2H,1H2;. The maximum atomic E-state index is 11.8. The van der Waals surface area contributed by atoms with Gasteiger partial charge in [0.2, 0.25) is 0 Å². The minimum Gasteiger partial charge on any atom is -0.318 e. The Balaban J connectivity index is -0.000000321. The van der Waals surface area contributed by atoms with Crippen LogP contribution in [0.2, 0.25) is 0 Å². The van der Waals surface area contributed by atoms with E-state index in [1.54, 1.807) is 22.6 Å². The maximum absolute atomic E-state index is 11.8. The van der Waals surface area contributed by atoms with Gasteiger partial charge in [-0.3, -0.25) is 4.39 Å². The minimum absolute atomic E-state index is 0.412. The number of hydrogen-bond donors (Lipinski definition) is 0. The van der Waals surface area contributed by atoms with Gasteiger partial charge in [0.1, 0.15) is 6.67 Å². The highest BCUT2D eigenvalue weighted by Crippen LogP contribution is 2.29. The predicted octanol–water partition coefficient (Wildman–Crippen LogP) is 6.95. The van der Waals surface area contributed by atoms with Crippen molar-refractivity contribution in [3.05, 3.63) is 0 Å². The predicted molar refractivity (Wildman–Crippen MR) is 81.8 cm³/mol. The van der Waals surface area contributed by atoms with Gasteiger partial charge in [0.05, 0.1) is 16.6 Å². The summed E-state index contributed by atoms with van der Waals surface area (Å²) in [4.78, 5) is 0. The van der Waals surface area contributed by atoms with Gasteiger partial charge >= 0.3 is 24.7 Å². The molecule has 0 bridgehead atoms. The first-order valence-electron chi connectivity index (χ1n) is 5.42. The number of ether oxygens (including phenoxy) is 1. The molecule has 0 aliphatic heterocycles. The number of alkyl halides is 12. The third-order valence-corrected chi connectivity index (χ3v) is 11.0. The molecule has 17 heteroatoms. The van der Waals surface area contributed by atoms with Crippen molar-refractivity contribution >= 4 is 61.8 Å². The van der Waals surface area contributed by atoms with Crippen LogP contribution in [0.1, 0.15) is 6.42 Å². The molecule has 156 valence electrons. The summed E-state index contributed by atoms with van der Waals surface area (Å²) < 4.78 is 122. The first-order chi connectivity index (χ1) is 10.7. The van der Waals surface area contributed by atoms with Gasteiger partial charge in [0.15, 0.2) is 6.67 Å². The van der Waals surface area contributed by atoms with Crippen LogP contribution in [0.4, 0.5) is 48.3 Å². The Morgan fingerprint density at radius 3 is 1.40 bits per heavy atom. The van der Waals surface area contributed by atoms with E-state index in [0.29, 0.717) is 0 Å². The van der Waals surface area contributed by atoms with Crippen LogP contribution in [0.3, 0.4) is 0 Å². The molecule has 0 aromatic rings. The molecule has 0 N–H and O–H groups in total. The van der Waals surface area contributed by atoms with Crippen molar-refractivity contribution in [1.29, 1.82) is 0 Å². The van der Waals surface area contributed by atoms with Gasteiger partial charge < -0.3 is 4.74 Å². The molecule has 0 aliphatic rings. The molecular weight excluding hydrogens is 582 g/mol. The minimum atomic E-state index is -5.50. The quantitative estimate of drug-likeness (QED) is 0.107. The van der Waals surface area contributed by atoms with E-state index < -0.39 is 54.6 Å². The van der Waals surface area contributed by atoms with E-state index in [9.17, 15) is 48.3 Å². The van der Waals surface area contributed by atoms with Gasteiger partial charge in [-0.05, 0) is 0 Å². The largest absolute Gasteiger partial charge is 0.559 e. The molecular formula is C8H9Cl3F11IOSi. The molecule has 0 saturated heterocycles. The summed E-state index contributed by atoms with van der Waals surface area (Å²) in [5.74, 6) is 0. The third-order valence-electron chi connectivity index (χ3n) is 1.34. The van der Waals surface area contributed by atoms with Crippen LogP contribution in [0, 0.1) is 0 Å². The number of halogens is 15. The first-order valence-corrected chi connectivity index (χ1v) is 11.8. The highest BCUT2D eigenvalue weighted by Gasteiger charge is 2.35. The van der Waals surface area contributed by atoms with E-state index in [1.807, 2.05) is 0 Å². The van der Waals surface area contributed by atoms with Crippen LogP contribution >= 0.6 is 55.8 Å². The average Bonchev–Trinajstić information content (AvgIpc) is 2.33. The maximum Gasteiger partial charge on any atom is 0.559 e. The van der Waals surface area contributed by atoms with Crippen molar-refractivity contribution in [2.24, 2.45) is 0 Å². The highest BCUT2D eigenvalue weighted by molar-refractivity contribution is 14.1. The fourth-order valence-electron chi connectivity index (χ4n) is 0.442. The lowest BCUT2D eigenvalue weighted by Gasteiger charge is -2.13. The molecule has 1 nitrogen and oxygen atoms in total. The van der Waals surface area contributed by atoms with Crippen LogP contribution < -0.4 is 0 Å². The van der Waals surface area contributed by atoms with Gasteiger partial charge in [-0.15, -0.1) is 50.8 Å². The molecule has 0 rings (SSSR count). The van der Waals surface area contributed by atoms with Gasteiger partial charge in [-0.25, -0.2) is 4.39 Å². The summed E-state index contributed by atoms with van der Waals surface area (Å²) in [6.07, 6.45) is -15.7. The summed E-state index contributed by atoms with van der Waals surface area (Å²) in [6.45, 7) is -3.91. The molecule has 0 heterocycles. The van der Waals surface area contributed by atoms with Crippen molar-refractivity contribution in [2.45, 2.75) is 28.7 Å². The van der Waals surface area contributed by atoms with E-state index in [0.717, 1.165) is 0 Å². The second-order valence-corrected chi connectivity index (χ2v) is 15.1. The molecule has 0 fully saturated rings. The molecule has 1 atom stereocenters. The molecule has 0 aliphatic carbocycles. The third kappa shape index (κ3) is 33.1. The van der Waals surface area contributed by atoms with E-state index in [2.05, 4.69) is 4.74 Å². The van der Waals surface area contributed by atoms with Crippen LogP contribution in [0.15, 0.2) is 0 Å². The Bertz CT molecular complexity index is 331. The fraction of sp³-hybridized carbons (Fsp3) is 1.00. The lowest BCUT2D eigenvalue weighted by atomic mass is 10.4. The summed E-state index contributed by atoms with van der Waals surface area (Å²) >= 11 is 18.0. The SMILES string of the molecule is FC(F)(F)F.FCC(F)(F)OCCC(F)(F)F.FCC(I)[Si](Cl)(Cl)Cl. The molecule has 0 spiro atoms. The first kappa shape index (κ1) is 30.7. The molecule has 25 heavy (non-hydrogen) atoms. The van der Waals surface area contributed by atoms with Crippen LogP contribution in [-0.4, -0.2) is 48.2 Å². The van der Waals surface area contributed by atoms with E-state index in [1.165, 1.54) is 0 Å². The van der Waals surface area contributed by atoms with Crippen LogP contribution in [-0.2, 0) is 4.74 Å². The van der Waals surface area contributed by atoms with Crippen molar-refractivity contribution < 1.29 is 53.0 Å². The Kier molecular flexibility index (Phi) is 16.3. The topological polar surface area (TPSA) is 9.23 Å². The van der Waals surface area contributed by atoms with Crippen molar-refractivity contribution in [2.75, 3.05) is 20.0 Å². The zero-order valence-electron chi connectivity index (χ0n) is 11.5. The average molecular weight is 591 g/mol. The summed E-state index contributed by atoms with van der Waals surface area (Å²) in [6, 6.07) is -2.73. The van der Waals surface area contributed by atoms with E-state index in [-0.39, 0.29) is 0 Å². The summed E-state index contributed by atoms with van der Waals surface area (Å²) in [5.41, 5.74) is 0. The molecule has 0 aromatic carbocycles. The fourth-order valence-corrected chi connectivity index (χ4v) is 1.14. The van der Waals surface area contributed by atoms with Crippen LogP contribution in [0.5, 0.6) is 0 Å². The summed E-state index contributed by atoms with van der Waals surface area (Å²) in [7, 11) is 0. The number of rotatable bonds is 6. The monoisotopic (exact) mass is 590 g/mol. The van der Waals surface area contributed by atoms with Crippen molar-refractivity contribution in [1.82, 2.24) is 0 Å². The molecule has 0 radical (unpaired) electrons. The normalized spacial score (nSPS) is 14.0. The number of hydrogen-bond acceptors (Lipinski definition) is 1. The van der Waals surface area contributed by atoms with E-state index in [4.69, 9.17) is 33.2 Å². The summed E-state index contributed by atoms with van der Waals surface area (Å²) in [5, 5.41) is 0. The highest BCUT2D eigenvalue weighted by atomic mass is 127. The van der Waals surface area contributed by atoms with E-state index >= 15 is 0 Å². The zero-order chi connectivity index (χ0) is 21.1. The zero-order valence-corrected chi connectivity index (χ0v) is 16.9. The van der Waals surface area contributed by atoms with Gasteiger partial charge in [0, 0.05) is 0 Å². The van der Waals surface area contributed by atoms with Crippen LogP contribution in [0.25, 0.3) is 0 Å². The Morgan fingerprint density at radius 1 is 0.880 bits per heavy atom. The smallest absolute Gasteiger partial charge is 0.318 e. The lowest BCUT2D eigenvalue weighted by Crippen LogP contribution is -2.26.